The summed E-state index contributed by atoms with van der Waals surface area (Å²) in [5, 5.41) is 12.4. The molecule has 2 aromatic carbocycles. The highest BCUT2D eigenvalue weighted by molar-refractivity contribution is 5.95. The first-order chi connectivity index (χ1) is 9.47. The largest absolute Gasteiger partial charge is 0.478 e. The standard InChI is InChI=1S/C17H19NO2/c1-11(2)13-5-7-14(8-6-13)18-16-9-4-12(3)10-15(16)17(19)20/h4-11,18H,1-3H3,(H,19,20). The number of benzene rings is 2. The van der Waals surface area contributed by atoms with Crippen molar-refractivity contribution >= 4 is 17.3 Å². The summed E-state index contributed by atoms with van der Waals surface area (Å²) in [7, 11) is 0. The number of carboxylic acid groups (broad SMARTS) is 1. The molecule has 0 aliphatic rings. The van der Waals surface area contributed by atoms with Crippen LogP contribution in [0.2, 0.25) is 0 Å². The van der Waals surface area contributed by atoms with Gasteiger partial charge in [-0.3, -0.25) is 0 Å². The van der Waals surface area contributed by atoms with Gasteiger partial charge < -0.3 is 10.4 Å². The number of aromatic carboxylic acids is 1. The Morgan fingerprint density at radius 3 is 2.30 bits per heavy atom. The molecule has 2 N–H and O–H groups in total. The minimum atomic E-state index is -0.921. The zero-order chi connectivity index (χ0) is 14.7. The first kappa shape index (κ1) is 14.1. The monoisotopic (exact) mass is 269 g/mol. The first-order valence-electron chi connectivity index (χ1n) is 6.68. The van der Waals surface area contributed by atoms with Crippen molar-refractivity contribution < 1.29 is 9.90 Å². The predicted molar refractivity (Wildman–Crippen MR) is 82.0 cm³/mol. The Labute approximate surface area is 119 Å². The van der Waals surface area contributed by atoms with Gasteiger partial charge in [-0.15, -0.1) is 0 Å². The van der Waals surface area contributed by atoms with Gasteiger partial charge in [-0.2, -0.15) is 0 Å². The van der Waals surface area contributed by atoms with Crippen LogP contribution in [0.25, 0.3) is 0 Å². The zero-order valence-electron chi connectivity index (χ0n) is 12.0. The number of aryl methyl sites for hydroxylation is 1. The van der Waals surface area contributed by atoms with Crippen LogP contribution in [0.3, 0.4) is 0 Å². The van der Waals surface area contributed by atoms with Gasteiger partial charge in [-0.1, -0.05) is 37.6 Å². The van der Waals surface area contributed by atoms with Crippen molar-refractivity contribution in [3.05, 3.63) is 59.2 Å². The predicted octanol–water partition coefficient (Wildman–Crippen LogP) is 4.56. The normalized spacial score (nSPS) is 10.6. The molecule has 0 spiro atoms. The van der Waals surface area contributed by atoms with E-state index in [1.165, 1.54) is 5.56 Å². The van der Waals surface area contributed by atoms with Crippen molar-refractivity contribution in [1.29, 1.82) is 0 Å². The Balaban J connectivity index is 2.28. The molecule has 0 atom stereocenters. The van der Waals surface area contributed by atoms with Crippen LogP contribution in [0.5, 0.6) is 0 Å². The van der Waals surface area contributed by atoms with E-state index in [4.69, 9.17) is 0 Å². The lowest BCUT2D eigenvalue weighted by Crippen LogP contribution is -2.03. The second-order valence-corrected chi connectivity index (χ2v) is 5.26. The molecule has 0 heterocycles. The van der Waals surface area contributed by atoms with Crippen LogP contribution in [0, 0.1) is 6.92 Å². The van der Waals surface area contributed by atoms with Gasteiger partial charge >= 0.3 is 5.97 Å². The lowest BCUT2D eigenvalue weighted by atomic mass is 10.0. The molecule has 20 heavy (non-hydrogen) atoms. The van der Waals surface area contributed by atoms with E-state index < -0.39 is 5.97 Å². The smallest absolute Gasteiger partial charge is 0.337 e. The highest BCUT2D eigenvalue weighted by Gasteiger charge is 2.10. The van der Waals surface area contributed by atoms with Crippen molar-refractivity contribution in [2.45, 2.75) is 26.7 Å². The Hall–Kier alpha value is -2.29. The highest BCUT2D eigenvalue weighted by Crippen LogP contribution is 2.24. The Kier molecular flexibility index (Phi) is 4.08. The summed E-state index contributed by atoms with van der Waals surface area (Å²) in [4.78, 5) is 11.3. The molecule has 0 saturated carbocycles. The third kappa shape index (κ3) is 3.18. The number of nitrogens with one attached hydrogen (secondary N) is 1. The van der Waals surface area contributed by atoms with Gasteiger partial charge in [-0.05, 0) is 42.7 Å². The van der Waals surface area contributed by atoms with Crippen molar-refractivity contribution in [3.63, 3.8) is 0 Å². The molecule has 0 aliphatic heterocycles. The van der Waals surface area contributed by atoms with E-state index in [0.717, 1.165) is 11.3 Å². The van der Waals surface area contributed by atoms with Crippen molar-refractivity contribution in [2.24, 2.45) is 0 Å². The van der Waals surface area contributed by atoms with Gasteiger partial charge in [0.05, 0.1) is 11.3 Å². The molecule has 104 valence electrons. The molecule has 2 aromatic rings. The molecular formula is C17H19NO2. The Morgan fingerprint density at radius 1 is 1.10 bits per heavy atom. The summed E-state index contributed by atoms with van der Waals surface area (Å²) in [6.45, 7) is 6.17. The second kappa shape index (κ2) is 5.78. The fourth-order valence-corrected chi connectivity index (χ4v) is 2.05. The lowest BCUT2D eigenvalue weighted by Gasteiger charge is -2.12. The minimum Gasteiger partial charge on any atom is -0.478 e. The molecule has 3 heteroatoms. The number of hydrogen-bond donors (Lipinski definition) is 2. The van der Waals surface area contributed by atoms with E-state index in [0.29, 0.717) is 11.6 Å². The summed E-state index contributed by atoms with van der Waals surface area (Å²) in [6, 6.07) is 13.4. The van der Waals surface area contributed by atoms with E-state index in [1.54, 1.807) is 12.1 Å². The second-order valence-electron chi connectivity index (χ2n) is 5.26. The van der Waals surface area contributed by atoms with E-state index in [1.807, 2.05) is 25.1 Å². The fraction of sp³-hybridized carbons (Fsp3) is 0.235. The molecule has 0 aliphatic carbocycles. The van der Waals surface area contributed by atoms with Gasteiger partial charge in [0.2, 0.25) is 0 Å². The first-order valence-corrected chi connectivity index (χ1v) is 6.68. The maximum Gasteiger partial charge on any atom is 0.337 e. The third-order valence-corrected chi connectivity index (χ3v) is 3.26. The van der Waals surface area contributed by atoms with Crippen LogP contribution in [-0.2, 0) is 0 Å². The Bertz CT molecular complexity index is 615. The molecule has 0 radical (unpaired) electrons. The van der Waals surface area contributed by atoms with Gasteiger partial charge in [0.25, 0.3) is 0 Å². The van der Waals surface area contributed by atoms with Crippen LogP contribution in [0.1, 0.15) is 41.3 Å². The summed E-state index contributed by atoms with van der Waals surface area (Å²) in [6.07, 6.45) is 0. The summed E-state index contributed by atoms with van der Waals surface area (Å²) >= 11 is 0. The van der Waals surface area contributed by atoms with E-state index in [-0.39, 0.29) is 5.56 Å². The van der Waals surface area contributed by atoms with Crippen LogP contribution in [0.15, 0.2) is 42.5 Å². The number of anilines is 2. The van der Waals surface area contributed by atoms with E-state index in [9.17, 15) is 9.90 Å². The highest BCUT2D eigenvalue weighted by atomic mass is 16.4. The number of hydrogen-bond acceptors (Lipinski definition) is 2. The maximum absolute atomic E-state index is 11.3. The van der Waals surface area contributed by atoms with Gasteiger partial charge in [0.1, 0.15) is 0 Å². The maximum atomic E-state index is 11.3. The van der Waals surface area contributed by atoms with Crippen LogP contribution in [0.4, 0.5) is 11.4 Å². The van der Waals surface area contributed by atoms with Crippen LogP contribution < -0.4 is 5.32 Å². The average Bonchev–Trinajstić information content (AvgIpc) is 2.41. The SMILES string of the molecule is Cc1ccc(Nc2ccc(C(C)C)cc2)c(C(=O)O)c1. The third-order valence-electron chi connectivity index (χ3n) is 3.26. The molecule has 0 aromatic heterocycles. The van der Waals surface area contributed by atoms with Crippen molar-refractivity contribution in [1.82, 2.24) is 0 Å². The van der Waals surface area contributed by atoms with Crippen LogP contribution >= 0.6 is 0 Å². The topological polar surface area (TPSA) is 49.3 Å². The van der Waals surface area contributed by atoms with Gasteiger partial charge in [0, 0.05) is 5.69 Å². The molecule has 0 unspecified atom stereocenters. The van der Waals surface area contributed by atoms with E-state index >= 15 is 0 Å². The molecule has 2 rings (SSSR count). The summed E-state index contributed by atoms with van der Waals surface area (Å²) in [5.41, 5.74) is 3.99. The summed E-state index contributed by atoms with van der Waals surface area (Å²) in [5.74, 6) is -0.437. The molecule has 3 nitrogen and oxygen atoms in total. The lowest BCUT2D eigenvalue weighted by molar-refractivity contribution is 0.0698. The molecule has 0 amide bonds. The van der Waals surface area contributed by atoms with Gasteiger partial charge in [0.15, 0.2) is 0 Å². The van der Waals surface area contributed by atoms with E-state index in [2.05, 4.69) is 31.3 Å². The van der Waals surface area contributed by atoms with Crippen molar-refractivity contribution in [2.75, 3.05) is 5.32 Å². The van der Waals surface area contributed by atoms with Crippen LogP contribution in [-0.4, -0.2) is 11.1 Å². The molecule has 0 fully saturated rings. The minimum absolute atomic E-state index is 0.290. The Morgan fingerprint density at radius 2 is 1.75 bits per heavy atom. The molecular weight excluding hydrogens is 250 g/mol. The molecule has 0 bridgehead atoms. The number of carboxylic acids is 1. The fourth-order valence-electron chi connectivity index (χ4n) is 2.05. The average molecular weight is 269 g/mol. The van der Waals surface area contributed by atoms with Gasteiger partial charge in [-0.25, -0.2) is 4.79 Å². The number of carbonyl (C=O) groups is 1. The quantitative estimate of drug-likeness (QED) is 0.855. The van der Waals surface area contributed by atoms with Crippen molar-refractivity contribution in [3.8, 4) is 0 Å². The number of rotatable bonds is 4. The summed E-state index contributed by atoms with van der Waals surface area (Å²) < 4.78 is 0. The molecule has 0 saturated heterocycles. The zero-order valence-corrected chi connectivity index (χ0v) is 12.0.